The Balaban J connectivity index is 2.02. The zero-order valence-corrected chi connectivity index (χ0v) is 19.4. The van der Waals surface area contributed by atoms with Crippen molar-refractivity contribution in [2.75, 3.05) is 12.3 Å². The van der Waals surface area contributed by atoms with Crippen LogP contribution in [0.15, 0.2) is 48.5 Å². The molecule has 0 unspecified atom stereocenters. The van der Waals surface area contributed by atoms with Crippen molar-refractivity contribution in [3.8, 4) is 0 Å². The van der Waals surface area contributed by atoms with Crippen LogP contribution >= 0.6 is 11.8 Å². The summed E-state index contributed by atoms with van der Waals surface area (Å²) in [4.78, 5) is 27.4. The van der Waals surface area contributed by atoms with Gasteiger partial charge < -0.3 is 10.2 Å². The van der Waals surface area contributed by atoms with Gasteiger partial charge in [0.1, 0.15) is 6.04 Å². The molecule has 30 heavy (non-hydrogen) atoms. The molecule has 0 fully saturated rings. The maximum atomic E-state index is 13.1. The van der Waals surface area contributed by atoms with E-state index in [1.165, 1.54) is 16.7 Å². The number of rotatable bonds is 11. The molecule has 2 aromatic rings. The van der Waals surface area contributed by atoms with Crippen LogP contribution in [0.5, 0.6) is 0 Å². The molecule has 0 aromatic heterocycles. The zero-order chi connectivity index (χ0) is 21.9. The molecule has 0 saturated heterocycles. The molecule has 5 heteroatoms. The lowest BCUT2D eigenvalue weighted by Crippen LogP contribution is -2.48. The van der Waals surface area contributed by atoms with Crippen molar-refractivity contribution in [1.82, 2.24) is 10.2 Å². The van der Waals surface area contributed by atoms with E-state index in [9.17, 15) is 9.59 Å². The van der Waals surface area contributed by atoms with Gasteiger partial charge in [0.15, 0.2) is 0 Å². The molecule has 0 aliphatic rings. The van der Waals surface area contributed by atoms with E-state index >= 15 is 0 Å². The van der Waals surface area contributed by atoms with Gasteiger partial charge >= 0.3 is 0 Å². The smallest absolute Gasteiger partial charge is 0.242 e. The first-order chi connectivity index (χ1) is 14.4. The molecule has 2 aromatic carbocycles. The number of benzene rings is 2. The SMILES string of the molecule is CCCCNC(=O)[C@H](C)N(Cc1ccccc1)C(=O)CSCc1cc(C)cc(C)c1. The quantitative estimate of drug-likeness (QED) is 0.522. The van der Waals surface area contributed by atoms with E-state index in [-0.39, 0.29) is 11.8 Å². The molecule has 2 rings (SSSR count). The van der Waals surface area contributed by atoms with Crippen molar-refractivity contribution in [3.05, 3.63) is 70.8 Å². The van der Waals surface area contributed by atoms with E-state index in [0.29, 0.717) is 18.8 Å². The molecule has 0 aliphatic carbocycles. The number of hydrogen-bond acceptors (Lipinski definition) is 3. The Morgan fingerprint density at radius 2 is 1.70 bits per heavy atom. The molecule has 0 heterocycles. The van der Waals surface area contributed by atoms with Crippen molar-refractivity contribution in [2.24, 2.45) is 0 Å². The zero-order valence-electron chi connectivity index (χ0n) is 18.6. The van der Waals surface area contributed by atoms with Gasteiger partial charge in [0, 0.05) is 18.8 Å². The van der Waals surface area contributed by atoms with Gasteiger partial charge in [-0.05, 0) is 38.3 Å². The number of unbranched alkanes of at least 4 members (excludes halogenated alkanes) is 1. The monoisotopic (exact) mass is 426 g/mol. The Labute approximate surface area is 185 Å². The maximum Gasteiger partial charge on any atom is 0.242 e. The molecule has 0 radical (unpaired) electrons. The molecule has 0 spiro atoms. The average molecular weight is 427 g/mol. The number of carbonyl (C=O) groups excluding carboxylic acids is 2. The van der Waals surface area contributed by atoms with Crippen LogP contribution in [0.3, 0.4) is 0 Å². The lowest BCUT2D eigenvalue weighted by molar-refractivity contribution is -0.138. The highest BCUT2D eigenvalue weighted by atomic mass is 32.2. The van der Waals surface area contributed by atoms with E-state index in [1.807, 2.05) is 37.3 Å². The highest BCUT2D eigenvalue weighted by Crippen LogP contribution is 2.18. The number of thioether (sulfide) groups is 1. The number of nitrogens with zero attached hydrogens (tertiary/aromatic N) is 1. The van der Waals surface area contributed by atoms with Gasteiger partial charge in [0.25, 0.3) is 0 Å². The fraction of sp³-hybridized carbons (Fsp3) is 0.440. The fourth-order valence-corrected chi connectivity index (χ4v) is 4.24. The number of carbonyl (C=O) groups is 2. The Bertz CT molecular complexity index is 803. The van der Waals surface area contributed by atoms with Gasteiger partial charge in [0.2, 0.25) is 11.8 Å². The van der Waals surface area contributed by atoms with Crippen molar-refractivity contribution in [2.45, 2.75) is 58.9 Å². The number of amides is 2. The lowest BCUT2D eigenvalue weighted by Gasteiger charge is -2.28. The molecule has 1 N–H and O–H groups in total. The summed E-state index contributed by atoms with van der Waals surface area (Å²) in [6.07, 6.45) is 1.97. The second-order valence-corrected chi connectivity index (χ2v) is 8.80. The van der Waals surface area contributed by atoms with Crippen molar-refractivity contribution >= 4 is 23.6 Å². The third kappa shape index (κ3) is 7.86. The van der Waals surface area contributed by atoms with Crippen molar-refractivity contribution < 1.29 is 9.59 Å². The summed E-state index contributed by atoms with van der Waals surface area (Å²) in [6, 6.07) is 15.8. The minimum absolute atomic E-state index is 0.00799. The molecule has 0 bridgehead atoms. The van der Waals surface area contributed by atoms with Crippen LogP contribution in [0.1, 0.15) is 48.9 Å². The largest absolute Gasteiger partial charge is 0.354 e. The highest BCUT2D eigenvalue weighted by Gasteiger charge is 2.25. The van der Waals surface area contributed by atoms with Gasteiger partial charge in [-0.15, -0.1) is 11.8 Å². The maximum absolute atomic E-state index is 13.1. The number of hydrogen-bond donors (Lipinski definition) is 1. The second kappa shape index (κ2) is 12.4. The lowest BCUT2D eigenvalue weighted by atomic mass is 10.1. The number of nitrogens with one attached hydrogen (secondary N) is 1. The van der Waals surface area contributed by atoms with E-state index in [0.717, 1.165) is 24.2 Å². The first-order valence-corrected chi connectivity index (χ1v) is 11.8. The third-order valence-corrected chi connectivity index (χ3v) is 5.96. The minimum Gasteiger partial charge on any atom is -0.354 e. The molecule has 4 nitrogen and oxygen atoms in total. The minimum atomic E-state index is -0.503. The molecule has 0 saturated carbocycles. The highest BCUT2D eigenvalue weighted by molar-refractivity contribution is 7.99. The van der Waals surface area contributed by atoms with E-state index < -0.39 is 6.04 Å². The van der Waals surface area contributed by atoms with Crippen molar-refractivity contribution in [3.63, 3.8) is 0 Å². The summed E-state index contributed by atoms with van der Waals surface area (Å²) >= 11 is 1.60. The van der Waals surface area contributed by atoms with Crippen LogP contribution in [0.25, 0.3) is 0 Å². The Morgan fingerprint density at radius 1 is 1.03 bits per heavy atom. The third-order valence-electron chi connectivity index (χ3n) is 4.97. The first-order valence-electron chi connectivity index (χ1n) is 10.7. The van der Waals surface area contributed by atoms with Crippen LogP contribution in [-0.4, -0.2) is 35.1 Å². The van der Waals surface area contributed by atoms with E-state index in [4.69, 9.17) is 0 Å². The van der Waals surface area contributed by atoms with Gasteiger partial charge in [0.05, 0.1) is 5.75 Å². The summed E-state index contributed by atoms with van der Waals surface area (Å²) in [5.74, 6) is 1.04. The van der Waals surface area contributed by atoms with Crippen LogP contribution < -0.4 is 5.32 Å². The molecule has 162 valence electrons. The predicted molar refractivity (Wildman–Crippen MR) is 126 cm³/mol. The van der Waals surface area contributed by atoms with Crippen LogP contribution in [0.2, 0.25) is 0 Å². The summed E-state index contributed by atoms with van der Waals surface area (Å²) in [5, 5.41) is 2.96. The van der Waals surface area contributed by atoms with E-state index in [1.54, 1.807) is 16.7 Å². The van der Waals surface area contributed by atoms with Gasteiger partial charge in [-0.2, -0.15) is 0 Å². The van der Waals surface area contributed by atoms with Crippen molar-refractivity contribution in [1.29, 1.82) is 0 Å². The second-order valence-electron chi connectivity index (χ2n) is 7.82. The average Bonchev–Trinajstić information content (AvgIpc) is 2.71. The summed E-state index contributed by atoms with van der Waals surface area (Å²) in [5.41, 5.74) is 4.73. The topological polar surface area (TPSA) is 49.4 Å². The van der Waals surface area contributed by atoms with Gasteiger partial charge in [-0.3, -0.25) is 9.59 Å². The number of aryl methyl sites for hydroxylation is 2. The van der Waals surface area contributed by atoms with Gasteiger partial charge in [-0.1, -0.05) is 73.0 Å². The fourth-order valence-electron chi connectivity index (χ4n) is 3.39. The summed E-state index contributed by atoms with van der Waals surface area (Å²) < 4.78 is 0. The van der Waals surface area contributed by atoms with Crippen LogP contribution in [-0.2, 0) is 21.9 Å². The van der Waals surface area contributed by atoms with Crippen LogP contribution in [0.4, 0.5) is 0 Å². The van der Waals surface area contributed by atoms with Gasteiger partial charge in [-0.25, -0.2) is 0 Å². The Kier molecular flexibility index (Phi) is 9.95. The molecular weight excluding hydrogens is 392 g/mol. The Hall–Kier alpha value is -2.27. The molecule has 2 amide bonds. The molecule has 0 aliphatic heterocycles. The Morgan fingerprint density at radius 3 is 2.33 bits per heavy atom. The molecular formula is C25H34N2O2S. The first kappa shape index (κ1) is 24.0. The standard InChI is InChI=1S/C25H34N2O2S/c1-5-6-12-26-25(29)21(4)27(16-22-10-8-7-9-11-22)24(28)18-30-17-23-14-19(2)13-20(3)15-23/h7-11,13-15,21H,5-6,12,16-18H2,1-4H3,(H,26,29)/t21-/m0/s1. The van der Waals surface area contributed by atoms with E-state index in [2.05, 4.69) is 44.3 Å². The normalized spacial score (nSPS) is 11.7. The molecule has 1 atom stereocenters. The predicted octanol–water partition coefficient (Wildman–Crippen LogP) is 4.87. The van der Waals surface area contributed by atoms with Crippen LogP contribution in [0, 0.1) is 13.8 Å². The summed E-state index contributed by atoms with van der Waals surface area (Å²) in [6.45, 7) is 9.17. The summed E-state index contributed by atoms with van der Waals surface area (Å²) in [7, 11) is 0.